The Balaban J connectivity index is 2.33. The molecule has 0 saturated carbocycles. The van der Waals surface area contributed by atoms with Crippen LogP contribution in [-0.4, -0.2) is 45.3 Å². The molecule has 7 heteroatoms. The van der Waals surface area contributed by atoms with E-state index in [2.05, 4.69) is 10.1 Å². The van der Waals surface area contributed by atoms with Gasteiger partial charge in [0.05, 0.1) is 19.3 Å². The molecule has 0 aromatic heterocycles. The Morgan fingerprint density at radius 1 is 1.53 bits per heavy atom. The average Bonchev–Trinajstić information content (AvgIpc) is 2.77. The maximum Gasteiger partial charge on any atom is 0.330 e. The van der Waals surface area contributed by atoms with Crippen LogP contribution >= 0.6 is 0 Å². The largest absolute Gasteiger partial charge is 0.496 e. The van der Waals surface area contributed by atoms with Gasteiger partial charge in [0, 0.05) is 6.42 Å². The number of halogens is 4. The molecule has 0 aromatic rings. The highest BCUT2D eigenvalue weighted by Crippen LogP contribution is 2.23. The predicted octanol–water partition coefficient (Wildman–Crippen LogP) is 1.80. The van der Waals surface area contributed by atoms with Gasteiger partial charge >= 0.3 is 12.3 Å². The number of hydrogen-bond donors (Lipinski definition) is 1. The van der Waals surface area contributed by atoms with Gasteiger partial charge in [-0.3, -0.25) is 0 Å². The second-order valence-electron chi connectivity index (χ2n) is 3.66. The third kappa shape index (κ3) is 4.16. The molecular formula is C10H15F4NO2. The summed E-state index contributed by atoms with van der Waals surface area (Å²) in [5.41, 5.74) is 0. The third-order valence-electron chi connectivity index (χ3n) is 2.32. The number of nitrogens with one attached hydrogen (secondary N) is 1. The molecule has 1 aliphatic rings. The van der Waals surface area contributed by atoms with Crippen molar-refractivity contribution in [1.29, 1.82) is 0 Å². The summed E-state index contributed by atoms with van der Waals surface area (Å²) in [6, 6.07) is -0.383. The first-order valence-electron chi connectivity index (χ1n) is 5.21. The molecule has 0 radical (unpaired) electrons. The molecule has 0 amide bonds. The predicted molar refractivity (Wildman–Crippen MR) is 53.3 cm³/mol. The Bertz CT molecular complexity index is 271. The van der Waals surface area contributed by atoms with E-state index < -0.39 is 19.0 Å². The monoisotopic (exact) mass is 257 g/mol. The number of likely N-dealkylation sites (N-methyl/N-ethyl adjacent to an activating group) is 1. The van der Waals surface area contributed by atoms with Crippen LogP contribution in [0.15, 0.2) is 11.8 Å². The van der Waals surface area contributed by atoms with Crippen molar-refractivity contribution in [2.45, 2.75) is 24.8 Å². The Morgan fingerprint density at radius 3 is 2.71 bits per heavy atom. The molecule has 0 saturated heterocycles. The van der Waals surface area contributed by atoms with Crippen molar-refractivity contribution in [3.8, 4) is 0 Å². The van der Waals surface area contributed by atoms with Crippen molar-refractivity contribution in [3.05, 3.63) is 11.8 Å². The molecule has 0 spiro atoms. The fraction of sp³-hybridized carbons (Fsp3) is 0.800. The van der Waals surface area contributed by atoms with Crippen LogP contribution < -0.4 is 5.32 Å². The van der Waals surface area contributed by atoms with E-state index >= 15 is 0 Å². The molecule has 1 rings (SSSR count). The van der Waals surface area contributed by atoms with Crippen LogP contribution in [0.2, 0.25) is 0 Å². The van der Waals surface area contributed by atoms with Crippen molar-refractivity contribution < 1.29 is 27.0 Å². The van der Waals surface area contributed by atoms with Gasteiger partial charge in [-0.2, -0.15) is 8.78 Å². The van der Waals surface area contributed by atoms with Crippen molar-refractivity contribution in [2.75, 3.05) is 26.9 Å². The molecule has 0 fully saturated rings. The minimum Gasteiger partial charge on any atom is -0.496 e. The lowest BCUT2D eigenvalue weighted by atomic mass is 10.2. The van der Waals surface area contributed by atoms with Crippen LogP contribution in [0.4, 0.5) is 17.6 Å². The topological polar surface area (TPSA) is 30.5 Å². The van der Waals surface area contributed by atoms with Crippen molar-refractivity contribution in [3.63, 3.8) is 0 Å². The standard InChI is InChI=1S/C10H15F4NO2/c1-15-7(8-3-2-4-17-8)5-16-6-10(13,14)9(11)12/h3,7,9,15H,2,4-6H2,1H3. The maximum atomic E-state index is 12.5. The quantitative estimate of drug-likeness (QED) is 0.705. The van der Waals surface area contributed by atoms with Crippen LogP contribution in [0.3, 0.4) is 0 Å². The Kier molecular flexibility index (Phi) is 5.20. The van der Waals surface area contributed by atoms with Crippen LogP contribution in [-0.2, 0) is 9.47 Å². The lowest BCUT2D eigenvalue weighted by molar-refractivity contribution is -0.166. The minimum atomic E-state index is -4.11. The fourth-order valence-electron chi connectivity index (χ4n) is 1.36. The molecular weight excluding hydrogens is 242 g/mol. The van der Waals surface area contributed by atoms with Gasteiger partial charge in [0.25, 0.3) is 0 Å². The highest BCUT2D eigenvalue weighted by Gasteiger charge is 2.41. The maximum absolute atomic E-state index is 12.5. The number of hydrogen-bond acceptors (Lipinski definition) is 3. The van der Waals surface area contributed by atoms with Gasteiger partial charge in [0.2, 0.25) is 0 Å². The zero-order valence-corrected chi connectivity index (χ0v) is 9.39. The van der Waals surface area contributed by atoms with Crippen LogP contribution in [0, 0.1) is 0 Å². The molecule has 1 N–H and O–H groups in total. The van der Waals surface area contributed by atoms with E-state index in [0.29, 0.717) is 12.4 Å². The van der Waals surface area contributed by atoms with E-state index in [0.717, 1.165) is 6.42 Å². The zero-order chi connectivity index (χ0) is 12.9. The Morgan fingerprint density at radius 2 is 2.24 bits per heavy atom. The number of alkyl halides is 4. The molecule has 0 bridgehead atoms. The van der Waals surface area contributed by atoms with Gasteiger partial charge < -0.3 is 14.8 Å². The summed E-state index contributed by atoms with van der Waals surface area (Å²) in [6.07, 6.45) is -1.14. The highest BCUT2D eigenvalue weighted by molar-refractivity contribution is 5.06. The molecule has 0 aromatic carbocycles. The SMILES string of the molecule is CNC(COCC(F)(F)C(F)F)C1=CCCO1. The number of ether oxygens (including phenoxy) is 2. The van der Waals surface area contributed by atoms with E-state index in [1.165, 1.54) is 0 Å². The molecule has 0 aliphatic carbocycles. The molecule has 100 valence electrons. The minimum absolute atomic E-state index is 0.134. The average molecular weight is 257 g/mol. The second kappa shape index (κ2) is 6.20. The normalized spacial score (nSPS) is 18.1. The van der Waals surface area contributed by atoms with Crippen molar-refractivity contribution >= 4 is 0 Å². The first-order chi connectivity index (χ1) is 7.97. The lowest BCUT2D eigenvalue weighted by Crippen LogP contribution is -2.37. The Labute approximate surface area is 96.8 Å². The van der Waals surface area contributed by atoms with Gasteiger partial charge in [0.15, 0.2) is 0 Å². The summed E-state index contributed by atoms with van der Waals surface area (Å²) >= 11 is 0. The van der Waals surface area contributed by atoms with E-state index in [9.17, 15) is 17.6 Å². The smallest absolute Gasteiger partial charge is 0.330 e. The first-order valence-corrected chi connectivity index (χ1v) is 5.21. The first kappa shape index (κ1) is 14.2. The fourth-order valence-corrected chi connectivity index (χ4v) is 1.36. The van der Waals surface area contributed by atoms with E-state index in [4.69, 9.17) is 4.74 Å². The van der Waals surface area contributed by atoms with Crippen molar-refractivity contribution in [2.24, 2.45) is 0 Å². The van der Waals surface area contributed by atoms with E-state index in [1.807, 2.05) is 6.08 Å². The summed E-state index contributed by atoms with van der Waals surface area (Å²) in [6.45, 7) is -0.887. The lowest BCUT2D eigenvalue weighted by Gasteiger charge is -2.20. The number of rotatable bonds is 7. The third-order valence-corrected chi connectivity index (χ3v) is 2.32. The van der Waals surface area contributed by atoms with Gasteiger partial charge in [-0.15, -0.1) is 0 Å². The van der Waals surface area contributed by atoms with Crippen LogP contribution in [0.25, 0.3) is 0 Å². The van der Waals surface area contributed by atoms with Gasteiger partial charge in [-0.1, -0.05) is 0 Å². The summed E-state index contributed by atoms with van der Waals surface area (Å²) < 4.78 is 58.6. The van der Waals surface area contributed by atoms with E-state index in [-0.39, 0.29) is 12.6 Å². The van der Waals surface area contributed by atoms with Crippen molar-refractivity contribution in [1.82, 2.24) is 5.32 Å². The van der Waals surface area contributed by atoms with Gasteiger partial charge in [-0.25, -0.2) is 8.78 Å². The zero-order valence-electron chi connectivity index (χ0n) is 9.39. The summed E-state index contributed by atoms with van der Waals surface area (Å²) in [5, 5.41) is 2.81. The van der Waals surface area contributed by atoms with Crippen LogP contribution in [0.5, 0.6) is 0 Å². The van der Waals surface area contributed by atoms with Gasteiger partial charge in [0.1, 0.15) is 12.4 Å². The molecule has 3 nitrogen and oxygen atoms in total. The Hall–Kier alpha value is -0.820. The summed E-state index contributed by atoms with van der Waals surface area (Å²) in [7, 11) is 1.61. The second-order valence-corrected chi connectivity index (χ2v) is 3.66. The summed E-state index contributed by atoms with van der Waals surface area (Å²) in [5.74, 6) is -3.50. The molecule has 1 aliphatic heterocycles. The molecule has 1 heterocycles. The molecule has 1 unspecified atom stereocenters. The molecule has 17 heavy (non-hydrogen) atoms. The van der Waals surface area contributed by atoms with Gasteiger partial charge in [-0.05, 0) is 13.1 Å². The highest BCUT2D eigenvalue weighted by atomic mass is 19.3. The summed E-state index contributed by atoms with van der Waals surface area (Å²) in [4.78, 5) is 0. The molecule has 1 atom stereocenters. The van der Waals surface area contributed by atoms with Crippen LogP contribution in [0.1, 0.15) is 6.42 Å². The van der Waals surface area contributed by atoms with E-state index in [1.54, 1.807) is 7.05 Å².